The van der Waals surface area contributed by atoms with Crippen LogP contribution in [-0.2, 0) is 6.54 Å². The van der Waals surface area contributed by atoms with Crippen LogP contribution in [0.15, 0.2) is 42.5 Å². The Kier molecular flexibility index (Phi) is 6.21. The van der Waals surface area contributed by atoms with Crippen LogP contribution >= 0.6 is 11.6 Å². The van der Waals surface area contributed by atoms with Crippen molar-refractivity contribution in [3.8, 4) is 5.75 Å². The largest absolute Gasteiger partial charge is 0.486 e. The summed E-state index contributed by atoms with van der Waals surface area (Å²) in [6.07, 6.45) is 1.88. The molecule has 2 unspecified atom stereocenters. The molecule has 2 aromatic rings. The van der Waals surface area contributed by atoms with Crippen molar-refractivity contribution in [3.05, 3.63) is 58.6 Å². The van der Waals surface area contributed by atoms with Crippen LogP contribution in [0.1, 0.15) is 42.6 Å². The Hall–Kier alpha value is -2.24. The number of anilines is 1. The number of rotatable bonds is 4. The van der Waals surface area contributed by atoms with E-state index < -0.39 is 0 Å². The van der Waals surface area contributed by atoms with Gasteiger partial charge in [0.25, 0.3) is 5.91 Å². The average Bonchev–Trinajstić information content (AvgIpc) is 2.74. The lowest BCUT2D eigenvalue weighted by Gasteiger charge is -2.39. The third-order valence-corrected chi connectivity index (χ3v) is 6.64. The zero-order valence-electron chi connectivity index (χ0n) is 17.9. The van der Waals surface area contributed by atoms with Crippen molar-refractivity contribution in [1.29, 1.82) is 0 Å². The fourth-order valence-corrected chi connectivity index (χ4v) is 4.51. The number of nitrogens with one attached hydrogen (secondary N) is 1. The van der Waals surface area contributed by atoms with Gasteiger partial charge in [-0.1, -0.05) is 41.9 Å². The van der Waals surface area contributed by atoms with E-state index in [1.54, 1.807) is 6.07 Å². The number of carbonyl (C=O) groups is 1. The summed E-state index contributed by atoms with van der Waals surface area (Å²) in [7, 11) is 2.02. The highest BCUT2D eigenvalue weighted by molar-refractivity contribution is 6.31. The van der Waals surface area contributed by atoms with Crippen molar-refractivity contribution < 1.29 is 9.53 Å². The summed E-state index contributed by atoms with van der Waals surface area (Å²) in [4.78, 5) is 17.7. The molecule has 1 fully saturated rings. The molecule has 30 heavy (non-hydrogen) atoms. The molecular weight excluding hydrogens is 398 g/mol. The number of nitrogens with zero attached hydrogens (tertiary/aromatic N) is 2. The second-order valence-corrected chi connectivity index (χ2v) is 8.92. The molecule has 0 bridgehead atoms. The Morgan fingerprint density at radius 1 is 1.17 bits per heavy atom. The Balaban J connectivity index is 1.41. The number of piperidine rings is 1. The number of likely N-dealkylation sites (tertiary alicyclic amines) is 1. The minimum atomic E-state index is -0.106. The maximum atomic E-state index is 13.1. The molecule has 2 aliphatic rings. The van der Waals surface area contributed by atoms with Crippen molar-refractivity contribution in [1.82, 2.24) is 10.2 Å². The number of carbonyl (C=O) groups excluding carboxylic acids is 1. The first kappa shape index (κ1) is 21.0. The smallest absolute Gasteiger partial charge is 0.255 e. The maximum absolute atomic E-state index is 13.1. The van der Waals surface area contributed by atoms with E-state index in [9.17, 15) is 4.79 Å². The minimum absolute atomic E-state index is 0.00329. The number of amides is 1. The average molecular weight is 428 g/mol. The highest BCUT2D eigenvalue weighted by Crippen LogP contribution is 2.40. The summed E-state index contributed by atoms with van der Waals surface area (Å²) < 4.78 is 6.12. The third kappa shape index (κ3) is 4.42. The molecule has 2 heterocycles. The fraction of sp³-hybridized carbons (Fsp3) is 0.458. The first-order valence-corrected chi connectivity index (χ1v) is 11.1. The molecule has 160 valence electrons. The van der Waals surface area contributed by atoms with Gasteiger partial charge in [0.1, 0.15) is 6.10 Å². The van der Waals surface area contributed by atoms with Gasteiger partial charge in [0.05, 0.1) is 17.3 Å². The SMILES string of the molecule is CC1Oc2c(C(=O)NC3CCN(Cc4ccccc4)CC3)cc(Cl)cc2N(C)C1C. The number of hydrogen-bond acceptors (Lipinski definition) is 4. The monoisotopic (exact) mass is 427 g/mol. The fourth-order valence-electron chi connectivity index (χ4n) is 4.29. The van der Waals surface area contributed by atoms with Crippen LogP contribution in [0, 0.1) is 0 Å². The topological polar surface area (TPSA) is 44.8 Å². The number of likely N-dealkylation sites (N-methyl/N-ethyl adjacent to an activating group) is 1. The van der Waals surface area contributed by atoms with Crippen LogP contribution in [0.2, 0.25) is 5.02 Å². The molecule has 0 saturated carbocycles. The lowest BCUT2D eigenvalue weighted by Crippen LogP contribution is -2.46. The van der Waals surface area contributed by atoms with Crippen LogP contribution in [0.5, 0.6) is 5.75 Å². The summed E-state index contributed by atoms with van der Waals surface area (Å²) >= 11 is 6.35. The summed E-state index contributed by atoms with van der Waals surface area (Å²) in [6.45, 7) is 7.04. The van der Waals surface area contributed by atoms with E-state index in [1.165, 1.54) is 5.56 Å². The second kappa shape index (κ2) is 8.86. The molecule has 0 aromatic heterocycles. The lowest BCUT2D eigenvalue weighted by atomic mass is 10.0. The van der Waals surface area contributed by atoms with E-state index in [1.807, 2.05) is 26.1 Å². The first-order chi connectivity index (χ1) is 14.4. The molecule has 4 rings (SSSR count). The normalized spacial score (nSPS) is 22.3. The Labute approximate surface area is 184 Å². The molecule has 0 spiro atoms. The summed E-state index contributed by atoms with van der Waals surface area (Å²) in [6, 6.07) is 14.5. The van der Waals surface area contributed by atoms with Gasteiger partial charge in [-0.05, 0) is 44.4 Å². The van der Waals surface area contributed by atoms with Crippen molar-refractivity contribution in [3.63, 3.8) is 0 Å². The Morgan fingerprint density at radius 2 is 1.87 bits per heavy atom. The second-order valence-electron chi connectivity index (χ2n) is 8.49. The molecule has 2 aromatic carbocycles. The van der Waals surface area contributed by atoms with Crippen molar-refractivity contribution >= 4 is 23.2 Å². The molecule has 2 atom stereocenters. The van der Waals surface area contributed by atoms with Crippen LogP contribution in [0.3, 0.4) is 0 Å². The Bertz CT molecular complexity index is 897. The molecule has 2 aliphatic heterocycles. The van der Waals surface area contributed by atoms with Gasteiger partial charge in [0, 0.05) is 37.7 Å². The van der Waals surface area contributed by atoms with E-state index in [4.69, 9.17) is 16.3 Å². The van der Waals surface area contributed by atoms with Crippen LogP contribution in [0.25, 0.3) is 0 Å². The predicted octanol–water partition coefficient (Wildman–Crippen LogP) is 4.34. The van der Waals surface area contributed by atoms with Gasteiger partial charge in [-0.25, -0.2) is 0 Å². The number of hydrogen-bond donors (Lipinski definition) is 1. The van der Waals surface area contributed by atoms with E-state index in [-0.39, 0.29) is 24.1 Å². The van der Waals surface area contributed by atoms with E-state index >= 15 is 0 Å². The molecule has 1 saturated heterocycles. The molecule has 0 radical (unpaired) electrons. The number of fused-ring (bicyclic) bond motifs is 1. The molecular formula is C24H30ClN3O2. The first-order valence-electron chi connectivity index (χ1n) is 10.7. The van der Waals surface area contributed by atoms with Gasteiger partial charge in [-0.15, -0.1) is 0 Å². The molecule has 1 N–H and O–H groups in total. The van der Waals surface area contributed by atoms with Crippen molar-refractivity contribution in [2.45, 2.75) is 51.4 Å². The van der Waals surface area contributed by atoms with Crippen LogP contribution in [0.4, 0.5) is 5.69 Å². The van der Waals surface area contributed by atoms with Crippen LogP contribution < -0.4 is 15.0 Å². The van der Waals surface area contributed by atoms with Gasteiger partial charge in [-0.2, -0.15) is 0 Å². The number of ether oxygens (including phenoxy) is 1. The van der Waals surface area contributed by atoms with Crippen molar-refractivity contribution in [2.24, 2.45) is 0 Å². The van der Waals surface area contributed by atoms with E-state index in [2.05, 4.69) is 46.3 Å². The van der Waals surface area contributed by atoms with Gasteiger partial charge in [-0.3, -0.25) is 9.69 Å². The van der Waals surface area contributed by atoms with Gasteiger partial charge < -0.3 is 15.0 Å². The minimum Gasteiger partial charge on any atom is -0.486 e. The molecule has 1 amide bonds. The highest BCUT2D eigenvalue weighted by Gasteiger charge is 2.32. The highest BCUT2D eigenvalue weighted by atomic mass is 35.5. The number of halogens is 1. The van der Waals surface area contributed by atoms with Gasteiger partial charge in [0.15, 0.2) is 5.75 Å². The lowest BCUT2D eigenvalue weighted by molar-refractivity contribution is 0.0899. The standard InChI is InChI=1S/C24H30ClN3O2/c1-16-17(2)30-23-21(13-19(25)14-22(23)27(16)3)24(29)26-20-9-11-28(12-10-20)15-18-7-5-4-6-8-18/h4-8,13-14,16-17,20H,9-12,15H2,1-3H3,(H,26,29). The van der Waals surface area contributed by atoms with Gasteiger partial charge >= 0.3 is 0 Å². The zero-order chi connectivity index (χ0) is 21.3. The van der Waals surface area contributed by atoms with E-state index in [0.29, 0.717) is 16.3 Å². The van der Waals surface area contributed by atoms with Crippen LogP contribution in [-0.4, -0.2) is 49.1 Å². The molecule has 5 nitrogen and oxygen atoms in total. The van der Waals surface area contributed by atoms with Gasteiger partial charge in [0.2, 0.25) is 0 Å². The third-order valence-electron chi connectivity index (χ3n) is 6.42. The summed E-state index contributed by atoms with van der Waals surface area (Å²) in [5, 5.41) is 3.76. The molecule has 0 aliphatic carbocycles. The van der Waals surface area contributed by atoms with Crippen molar-refractivity contribution in [2.75, 3.05) is 25.0 Å². The maximum Gasteiger partial charge on any atom is 0.255 e. The summed E-state index contributed by atoms with van der Waals surface area (Å²) in [5.41, 5.74) is 2.72. The number of benzene rings is 2. The van der Waals surface area contributed by atoms with E-state index in [0.717, 1.165) is 38.2 Å². The zero-order valence-corrected chi connectivity index (χ0v) is 18.7. The predicted molar refractivity (Wildman–Crippen MR) is 122 cm³/mol. The molecule has 6 heteroatoms. The summed E-state index contributed by atoms with van der Waals surface area (Å²) in [5.74, 6) is 0.525. The quantitative estimate of drug-likeness (QED) is 0.788. The Morgan fingerprint density at radius 3 is 2.57 bits per heavy atom.